The van der Waals surface area contributed by atoms with Gasteiger partial charge in [-0.1, -0.05) is 6.07 Å². The molecular formula is C20H22N4O3. The molecule has 1 aromatic heterocycles. The van der Waals surface area contributed by atoms with Crippen molar-refractivity contribution in [2.75, 3.05) is 38.1 Å². The van der Waals surface area contributed by atoms with Gasteiger partial charge in [-0.3, -0.25) is 19.5 Å². The van der Waals surface area contributed by atoms with Gasteiger partial charge in [-0.2, -0.15) is 0 Å². The van der Waals surface area contributed by atoms with Gasteiger partial charge in [-0.15, -0.1) is 0 Å². The summed E-state index contributed by atoms with van der Waals surface area (Å²) in [5, 5.41) is 2.74. The van der Waals surface area contributed by atoms with Crippen LogP contribution in [-0.2, 0) is 4.79 Å². The predicted octanol–water partition coefficient (Wildman–Crippen LogP) is 1.93. The van der Waals surface area contributed by atoms with Gasteiger partial charge in [-0.25, -0.2) is 0 Å². The van der Waals surface area contributed by atoms with Crippen molar-refractivity contribution in [3.8, 4) is 5.75 Å². The first-order valence-electron chi connectivity index (χ1n) is 9.12. The molecule has 0 aliphatic carbocycles. The van der Waals surface area contributed by atoms with Gasteiger partial charge in [-0.05, 0) is 36.8 Å². The second-order valence-corrected chi connectivity index (χ2v) is 6.84. The molecule has 7 heteroatoms. The van der Waals surface area contributed by atoms with E-state index in [2.05, 4.69) is 28.2 Å². The van der Waals surface area contributed by atoms with E-state index in [1.54, 1.807) is 24.4 Å². The minimum Gasteiger partial charge on any atom is -0.482 e. The SMILES string of the molecule is CC(c1cccnc1)N1CCN(C(=O)c2ccc3c(c2)OCC(=O)N3)CC1. The lowest BCUT2D eigenvalue weighted by Gasteiger charge is -2.38. The maximum atomic E-state index is 12.9. The molecule has 1 atom stereocenters. The Bertz CT molecular complexity index is 848. The average molecular weight is 366 g/mol. The number of carbonyl (C=O) groups is 2. The Morgan fingerprint density at radius 3 is 2.78 bits per heavy atom. The third-order valence-corrected chi connectivity index (χ3v) is 5.18. The molecule has 2 amide bonds. The molecule has 7 nitrogen and oxygen atoms in total. The van der Waals surface area contributed by atoms with Crippen LogP contribution in [0.1, 0.15) is 28.9 Å². The molecule has 1 saturated heterocycles. The molecule has 1 unspecified atom stereocenters. The van der Waals surface area contributed by atoms with Crippen molar-refractivity contribution in [2.24, 2.45) is 0 Å². The van der Waals surface area contributed by atoms with E-state index in [-0.39, 0.29) is 24.5 Å². The van der Waals surface area contributed by atoms with Crippen LogP contribution in [0.5, 0.6) is 5.75 Å². The van der Waals surface area contributed by atoms with Gasteiger partial charge in [0.15, 0.2) is 6.61 Å². The Labute approximate surface area is 157 Å². The van der Waals surface area contributed by atoms with Gasteiger partial charge < -0.3 is 15.0 Å². The summed E-state index contributed by atoms with van der Waals surface area (Å²) in [6.07, 6.45) is 3.68. The number of carbonyl (C=O) groups excluding carboxylic acids is 2. The van der Waals surface area contributed by atoms with Crippen molar-refractivity contribution in [2.45, 2.75) is 13.0 Å². The van der Waals surface area contributed by atoms with Crippen molar-refractivity contribution in [1.82, 2.24) is 14.8 Å². The molecule has 1 aromatic carbocycles. The summed E-state index contributed by atoms with van der Waals surface area (Å²) >= 11 is 0. The van der Waals surface area contributed by atoms with Crippen LogP contribution < -0.4 is 10.1 Å². The Hall–Kier alpha value is -2.93. The van der Waals surface area contributed by atoms with Gasteiger partial charge >= 0.3 is 0 Å². The zero-order valence-corrected chi connectivity index (χ0v) is 15.2. The third-order valence-electron chi connectivity index (χ3n) is 5.18. The van der Waals surface area contributed by atoms with E-state index < -0.39 is 0 Å². The molecule has 0 saturated carbocycles. The predicted molar refractivity (Wildman–Crippen MR) is 101 cm³/mol. The van der Waals surface area contributed by atoms with Gasteiger partial charge in [0.1, 0.15) is 5.75 Å². The number of fused-ring (bicyclic) bond motifs is 1. The molecule has 4 rings (SSSR count). The highest BCUT2D eigenvalue weighted by Gasteiger charge is 2.26. The van der Waals surface area contributed by atoms with Crippen molar-refractivity contribution in [3.05, 3.63) is 53.9 Å². The first kappa shape index (κ1) is 17.5. The van der Waals surface area contributed by atoms with Crippen molar-refractivity contribution >= 4 is 17.5 Å². The summed E-state index contributed by atoms with van der Waals surface area (Å²) in [4.78, 5) is 32.6. The van der Waals surface area contributed by atoms with Crippen LogP contribution in [0.4, 0.5) is 5.69 Å². The summed E-state index contributed by atoms with van der Waals surface area (Å²) in [6.45, 7) is 5.15. The van der Waals surface area contributed by atoms with Crippen LogP contribution in [-0.4, -0.2) is 59.4 Å². The van der Waals surface area contributed by atoms with E-state index >= 15 is 0 Å². The average Bonchev–Trinajstić information content (AvgIpc) is 2.73. The topological polar surface area (TPSA) is 74.8 Å². The second-order valence-electron chi connectivity index (χ2n) is 6.84. The van der Waals surface area contributed by atoms with Crippen LogP contribution in [0.25, 0.3) is 0 Å². The molecule has 1 N–H and O–H groups in total. The van der Waals surface area contributed by atoms with Crippen molar-refractivity contribution in [3.63, 3.8) is 0 Å². The zero-order valence-electron chi connectivity index (χ0n) is 15.2. The van der Waals surface area contributed by atoms with Gasteiger partial charge in [0.05, 0.1) is 5.69 Å². The first-order valence-corrected chi connectivity index (χ1v) is 9.12. The minimum atomic E-state index is -0.180. The highest BCUT2D eigenvalue weighted by atomic mass is 16.5. The Balaban J connectivity index is 1.40. The largest absolute Gasteiger partial charge is 0.482 e. The highest BCUT2D eigenvalue weighted by molar-refractivity contribution is 5.99. The maximum Gasteiger partial charge on any atom is 0.262 e. The lowest BCUT2D eigenvalue weighted by Crippen LogP contribution is -2.49. The lowest BCUT2D eigenvalue weighted by molar-refractivity contribution is -0.118. The monoisotopic (exact) mass is 366 g/mol. The number of hydrogen-bond acceptors (Lipinski definition) is 5. The maximum absolute atomic E-state index is 12.9. The standard InChI is InChI=1S/C20H22N4O3/c1-14(16-3-2-6-21-12-16)23-7-9-24(10-8-23)20(26)15-4-5-17-18(11-15)27-13-19(25)22-17/h2-6,11-12,14H,7-10,13H2,1H3,(H,22,25). The molecular weight excluding hydrogens is 344 g/mol. The van der Waals surface area contributed by atoms with Crippen LogP contribution in [0.15, 0.2) is 42.7 Å². The fraction of sp³-hybridized carbons (Fsp3) is 0.350. The highest BCUT2D eigenvalue weighted by Crippen LogP contribution is 2.29. The second kappa shape index (κ2) is 7.36. The van der Waals surface area contributed by atoms with E-state index in [4.69, 9.17) is 4.74 Å². The number of nitrogens with one attached hydrogen (secondary N) is 1. The lowest BCUT2D eigenvalue weighted by atomic mass is 10.1. The van der Waals surface area contributed by atoms with Crippen LogP contribution >= 0.6 is 0 Å². The Kier molecular flexibility index (Phi) is 4.77. The summed E-state index contributed by atoms with van der Waals surface area (Å²) in [6, 6.07) is 9.48. The fourth-order valence-electron chi connectivity index (χ4n) is 3.54. The van der Waals surface area contributed by atoms with Gasteiger partial charge in [0, 0.05) is 50.2 Å². The van der Waals surface area contributed by atoms with Crippen molar-refractivity contribution < 1.29 is 14.3 Å². The summed E-state index contributed by atoms with van der Waals surface area (Å²) in [7, 11) is 0. The molecule has 0 bridgehead atoms. The molecule has 2 aliphatic heterocycles. The number of rotatable bonds is 3. The van der Waals surface area contributed by atoms with E-state index in [9.17, 15) is 9.59 Å². The number of aromatic nitrogens is 1. The Morgan fingerprint density at radius 1 is 1.22 bits per heavy atom. The smallest absolute Gasteiger partial charge is 0.262 e. The molecule has 3 heterocycles. The van der Waals surface area contributed by atoms with E-state index in [1.807, 2.05) is 17.2 Å². The molecule has 2 aliphatic rings. The number of hydrogen-bond donors (Lipinski definition) is 1. The molecule has 1 fully saturated rings. The number of amides is 2. The number of anilines is 1. The third kappa shape index (κ3) is 3.64. The number of pyridine rings is 1. The molecule has 0 radical (unpaired) electrons. The number of piperazine rings is 1. The number of benzene rings is 1. The Morgan fingerprint density at radius 2 is 2.04 bits per heavy atom. The quantitative estimate of drug-likeness (QED) is 0.898. The van der Waals surface area contributed by atoms with E-state index in [0.717, 1.165) is 13.1 Å². The van der Waals surface area contributed by atoms with Crippen molar-refractivity contribution in [1.29, 1.82) is 0 Å². The summed E-state index contributed by atoms with van der Waals surface area (Å²) < 4.78 is 5.41. The number of ether oxygens (including phenoxy) is 1. The minimum absolute atomic E-state index is 0.00743. The number of nitrogens with zero attached hydrogens (tertiary/aromatic N) is 3. The fourth-order valence-corrected chi connectivity index (χ4v) is 3.54. The summed E-state index contributed by atoms with van der Waals surface area (Å²) in [5.41, 5.74) is 2.38. The van der Waals surface area contributed by atoms with Gasteiger partial charge in [0.25, 0.3) is 11.8 Å². The zero-order chi connectivity index (χ0) is 18.8. The molecule has 140 valence electrons. The normalized spacial score (nSPS) is 18.3. The first-order chi connectivity index (χ1) is 13.1. The molecule has 2 aromatic rings. The summed E-state index contributed by atoms with van der Waals surface area (Å²) in [5.74, 6) is 0.358. The van der Waals surface area contributed by atoms with Gasteiger partial charge in [0.2, 0.25) is 0 Å². The van der Waals surface area contributed by atoms with Crippen LogP contribution in [0, 0.1) is 0 Å². The molecule has 27 heavy (non-hydrogen) atoms. The van der Waals surface area contributed by atoms with Crippen LogP contribution in [0.2, 0.25) is 0 Å². The van der Waals surface area contributed by atoms with E-state index in [1.165, 1.54) is 5.56 Å². The van der Waals surface area contributed by atoms with Crippen LogP contribution in [0.3, 0.4) is 0 Å². The van der Waals surface area contributed by atoms with E-state index in [0.29, 0.717) is 30.1 Å². The molecule has 0 spiro atoms.